The van der Waals surface area contributed by atoms with Crippen molar-refractivity contribution in [3.63, 3.8) is 0 Å². The molecule has 1 aromatic carbocycles. The summed E-state index contributed by atoms with van der Waals surface area (Å²) >= 11 is 0. The topological polar surface area (TPSA) is 47.6 Å². The zero-order chi connectivity index (χ0) is 16.8. The third-order valence-corrected chi connectivity index (χ3v) is 5.10. The van der Waals surface area contributed by atoms with Gasteiger partial charge in [-0.1, -0.05) is 12.1 Å². The number of nitrogens with one attached hydrogen (secondary N) is 2. The third-order valence-electron chi connectivity index (χ3n) is 5.10. The van der Waals surface area contributed by atoms with Crippen LogP contribution < -0.4 is 15.5 Å². The molecule has 2 saturated heterocycles. The first-order valence-corrected chi connectivity index (χ1v) is 9.25. The molecule has 2 fully saturated rings. The van der Waals surface area contributed by atoms with E-state index >= 15 is 0 Å². The Balaban J connectivity index is 0.00000169. The summed E-state index contributed by atoms with van der Waals surface area (Å²) in [4.78, 5) is 16.8. The highest BCUT2D eigenvalue weighted by molar-refractivity contribution is 5.85. The lowest BCUT2D eigenvalue weighted by molar-refractivity contribution is -0.121. The Hall–Kier alpha value is -1.01. The van der Waals surface area contributed by atoms with Gasteiger partial charge in [-0.15, -0.1) is 24.8 Å². The van der Waals surface area contributed by atoms with Gasteiger partial charge in [0.2, 0.25) is 5.91 Å². The van der Waals surface area contributed by atoms with Crippen LogP contribution in [0.15, 0.2) is 24.3 Å². The van der Waals surface area contributed by atoms with E-state index in [0.717, 1.165) is 45.8 Å². The van der Waals surface area contributed by atoms with Gasteiger partial charge in [-0.05, 0) is 44.0 Å². The minimum absolute atomic E-state index is 0. The van der Waals surface area contributed by atoms with Crippen LogP contribution in [-0.2, 0) is 4.79 Å². The summed E-state index contributed by atoms with van der Waals surface area (Å²) in [5.74, 6) is 0.185. The number of nitrogens with zero attached hydrogens (tertiary/aromatic N) is 2. The minimum atomic E-state index is 0. The van der Waals surface area contributed by atoms with E-state index in [9.17, 15) is 4.79 Å². The van der Waals surface area contributed by atoms with E-state index < -0.39 is 0 Å². The van der Waals surface area contributed by atoms with Crippen molar-refractivity contribution in [2.45, 2.75) is 32.2 Å². The molecule has 0 bridgehead atoms. The number of piperazine rings is 1. The summed E-state index contributed by atoms with van der Waals surface area (Å²) in [7, 11) is 0. The number of carbonyl (C=O) groups excluding carboxylic acids is 1. The first-order valence-electron chi connectivity index (χ1n) is 9.25. The van der Waals surface area contributed by atoms with Crippen LogP contribution in [-0.4, -0.2) is 62.7 Å². The van der Waals surface area contributed by atoms with Crippen LogP contribution in [0.5, 0.6) is 0 Å². The van der Waals surface area contributed by atoms with Crippen LogP contribution >= 0.6 is 24.8 Å². The molecular formula is C19H32Cl2N4O. The van der Waals surface area contributed by atoms with Crippen molar-refractivity contribution in [3.05, 3.63) is 29.8 Å². The van der Waals surface area contributed by atoms with Crippen molar-refractivity contribution in [1.29, 1.82) is 0 Å². The number of anilines is 1. The van der Waals surface area contributed by atoms with E-state index in [4.69, 9.17) is 0 Å². The standard InChI is InChI=1S/C19H30N4O.2ClH/c1-16-4-2-6-18(14-16)23-12-10-22(11-13-23)9-7-19(24)21-15-17-5-3-8-20-17;;/h2,4,6,14,17,20H,3,5,7-13,15H2,1H3,(H,21,24);2*1H. The third kappa shape index (κ3) is 6.95. The Kier molecular flexibility index (Phi) is 10.3. The Morgan fingerprint density at radius 1 is 1.23 bits per heavy atom. The van der Waals surface area contributed by atoms with Crippen molar-refractivity contribution in [1.82, 2.24) is 15.5 Å². The van der Waals surface area contributed by atoms with Gasteiger partial charge in [0.15, 0.2) is 0 Å². The van der Waals surface area contributed by atoms with Gasteiger partial charge in [-0.25, -0.2) is 0 Å². The quantitative estimate of drug-likeness (QED) is 0.765. The van der Waals surface area contributed by atoms with E-state index in [0.29, 0.717) is 12.5 Å². The first-order chi connectivity index (χ1) is 11.7. The van der Waals surface area contributed by atoms with Crippen LogP contribution in [0.1, 0.15) is 24.8 Å². The van der Waals surface area contributed by atoms with Crippen LogP contribution in [0.25, 0.3) is 0 Å². The molecule has 7 heteroatoms. The van der Waals surface area contributed by atoms with Crippen LogP contribution in [0.3, 0.4) is 0 Å². The molecule has 26 heavy (non-hydrogen) atoms. The van der Waals surface area contributed by atoms with Gasteiger partial charge in [-0.2, -0.15) is 0 Å². The van der Waals surface area contributed by atoms with Crippen molar-refractivity contribution < 1.29 is 4.79 Å². The largest absolute Gasteiger partial charge is 0.369 e. The molecule has 1 amide bonds. The van der Waals surface area contributed by atoms with E-state index in [1.54, 1.807) is 0 Å². The first kappa shape index (κ1) is 23.0. The molecule has 2 heterocycles. The van der Waals surface area contributed by atoms with Crippen LogP contribution in [0.4, 0.5) is 5.69 Å². The SMILES string of the molecule is Cc1cccc(N2CCN(CCC(=O)NCC3CCCN3)CC2)c1.Cl.Cl. The normalized spacial score (nSPS) is 20.2. The zero-order valence-corrected chi connectivity index (χ0v) is 17.2. The average Bonchev–Trinajstić information content (AvgIpc) is 3.12. The molecule has 1 atom stereocenters. The number of amides is 1. The van der Waals surface area contributed by atoms with Gasteiger partial charge in [0, 0.05) is 57.4 Å². The zero-order valence-electron chi connectivity index (χ0n) is 15.6. The second kappa shape index (κ2) is 11.7. The lowest BCUT2D eigenvalue weighted by Crippen LogP contribution is -2.47. The van der Waals surface area contributed by atoms with Gasteiger partial charge in [0.25, 0.3) is 0 Å². The van der Waals surface area contributed by atoms with Crippen molar-refractivity contribution in [2.24, 2.45) is 0 Å². The highest BCUT2D eigenvalue weighted by Crippen LogP contribution is 2.17. The van der Waals surface area contributed by atoms with Crippen molar-refractivity contribution >= 4 is 36.4 Å². The summed E-state index contributed by atoms with van der Waals surface area (Å²) < 4.78 is 0. The summed E-state index contributed by atoms with van der Waals surface area (Å²) in [6.45, 7) is 9.02. The number of hydrogen-bond donors (Lipinski definition) is 2. The highest BCUT2D eigenvalue weighted by Gasteiger charge is 2.18. The summed E-state index contributed by atoms with van der Waals surface area (Å²) in [5.41, 5.74) is 2.62. The molecular weight excluding hydrogens is 371 g/mol. The maximum Gasteiger partial charge on any atom is 0.221 e. The molecule has 2 N–H and O–H groups in total. The Morgan fingerprint density at radius 3 is 2.65 bits per heavy atom. The fourth-order valence-corrected chi connectivity index (χ4v) is 3.57. The van der Waals surface area contributed by atoms with Gasteiger partial charge in [0.1, 0.15) is 0 Å². The summed E-state index contributed by atoms with van der Waals surface area (Å²) in [6.07, 6.45) is 3.02. The molecule has 2 aliphatic rings. The maximum absolute atomic E-state index is 12.0. The molecule has 2 aliphatic heterocycles. The average molecular weight is 403 g/mol. The summed E-state index contributed by atoms with van der Waals surface area (Å²) in [6, 6.07) is 9.18. The lowest BCUT2D eigenvalue weighted by atomic mass is 10.2. The highest BCUT2D eigenvalue weighted by atomic mass is 35.5. The summed E-state index contributed by atoms with van der Waals surface area (Å²) in [5, 5.41) is 6.48. The van der Waals surface area contributed by atoms with E-state index in [-0.39, 0.29) is 30.7 Å². The number of rotatable bonds is 6. The number of benzene rings is 1. The molecule has 0 radical (unpaired) electrons. The predicted octanol–water partition coefficient (Wildman–Crippen LogP) is 2.22. The van der Waals surface area contributed by atoms with Crippen LogP contribution in [0, 0.1) is 6.92 Å². The van der Waals surface area contributed by atoms with Gasteiger partial charge in [-0.3, -0.25) is 9.69 Å². The second-order valence-corrected chi connectivity index (χ2v) is 7.02. The molecule has 148 valence electrons. The lowest BCUT2D eigenvalue weighted by Gasteiger charge is -2.36. The molecule has 1 aromatic rings. The second-order valence-electron chi connectivity index (χ2n) is 7.02. The number of halogens is 2. The number of hydrogen-bond acceptors (Lipinski definition) is 4. The van der Waals surface area contributed by atoms with E-state index in [1.807, 2.05) is 0 Å². The molecule has 0 spiro atoms. The Bertz CT molecular complexity index is 544. The fraction of sp³-hybridized carbons (Fsp3) is 0.632. The molecule has 0 saturated carbocycles. The molecule has 0 aromatic heterocycles. The van der Waals surface area contributed by atoms with Gasteiger partial charge in [0.05, 0.1) is 0 Å². The Morgan fingerprint density at radius 2 is 2.00 bits per heavy atom. The predicted molar refractivity (Wildman–Crippen MR) is 113 cm³/mol. The van der Waals surface area contributed by atoms with Gasteiger partial charge < -0.3 is 15.5 Å². The molecule has 0 aliphatic carbocycles. The minimum Gasteiger partial charge on any atom is -0.369 e. The van der Waals surface area contributed by atoms with E-state index in [1.165, 1.54) is 24.1 Å². The number of carbonyl (C=O) groups is 1. The van der Waals surface area contributed by atoms with Crippen molar-refractivity contribution in [3.8, 4) is 0 Å². The van der Waals surface area contributed by atoms with Crippen LogP contribution in [0.2, 0.25) is 0 Å². The maximum atomic E-state index is 12.0. The smallest absolute Gasteiger partial charge is 0.221 e. The fourth-order valence-electron chi connectivity index (χ4n) is 3.57. The molecule has 1 unspecified atom stereocenters. The molecule has 3 rings (SSSR count). The van der Waals surface area contributed by atoms with Crippen molar-refractivity contribution in [2.75, 3.05) is 50.7 Å². The van der Waals surface area contributed by atoms with Gasteiger partial charge >= 0.3 is 0 Å². The monoisotopic (exact) mass is 402 g/mol. The van der Waals surface area contributed by atoms with E-state index in [2.05, 4.69) is 51.6 Å². The number of aryl methyl sites for hydroxylation is 1. The molecule has 5 nitrogen and oxygen atoms in total. The Labute approximate surface area is 169 Å².